The normalized spacial score (nSPS) is 14.4. The maximum atomic E-state index is 12.7. The monoisotopic (exact) mass is 262 g/mol. The Hall–Kier alpha value is -1.23. The third-order valence-corrected chi connectivity index (χ3v) is 2.59. The first-order valence-corrected chi connectivity index (χ1v) is 5.59. The van der Waals surface area contributed by atoms with Crippen molar-refractivity contribution in [2.75, 3.05) is 6.61 Å². The summed E-state index contributed by atoms with van der Waals surface area (Å²) in [6.07, 6.45) is -5.29. The highest BCUT2D eigenvalue weighted by Crippen LogP contribution is 2.36. The Morgan fingerprint density at radius 2 is 1.72 bits per heavy atom. The summed E-state index contributed by atoms with van der Waals surface area (Å²) in [6, 6.07) is 4.97. The number of benzene rings is 1. The van der Waals surface area contributed by atoms with Crippen molar-refractivity contribution in [1.29, 1.82) is 0 Å². The second kappa shape index (κ2) is 5.18. The van der Waals surface area contributed by atoms with Crippen LogP contribution >= 0.6 is 0 Å². The largest absolute Gasteiger partial charge is 0.490 e. The summed E-state index contributed by atoms with van der Waals surface area (Å²) < 4.78 is 43.1. The summed E-state index contributed by atoms with van der Waals surface area (Å²) in [5, 5.41) is 9.73. The van der Waals surface area contributed by atoms with Gasteiger partial charge in [-0.3, -0.25) is 0 Å². The van der Waals surface area contributed by atoms with Gasteiger partial charge in [0.25, 0.3) is 0 Å². The highest BCUT2D eigenvalue weighted by molar-refractivity contribution is 5.35. The van der Waals surface area contributed by atoms with Crippen LogP contribution in [-0.4, -0.2) is 17.8 Å². The number of halogens is 3. The number of para-hydroxylation sites is 1. The summed E-state index contributed by atoms with van der Waals surface area (Å²) in [6.45, 7) is 5.20. The molecule has 1 rings (SSSR count). The molecule has 5 heteroatoms. The van der Waals surface area contributed by atoms with Gasteiger partial charge >= 0.3 is 6.18 Å². The number of hydrogen-bond donors (Lipinski definition) is 1. The number of aliphatic hydroxyl groups excluding tert-OH is 1. The lowest BCUT2D eigenvalue weighted by Crippen LogP contribution is -2.32. The van der Waals surface area contributed by atoms with Gasteiger partial charge in [0.1, 0.15) is 12.4 Å². The van der Waals surface area contributed by atoms with E-state index in [0.717, 1.165) is 6.07 Å². The fourth-order valence-electron chi connectivity index (χ4n) is 1.25. The first-order valence-electron chi connectivity index (χ1n) is 5.59. The smallest absolute Gasteiger partial charge is 0.419 e. The third kappa shape index (κ3) is 3.91. The minimum Gasteiger partial charge on any atom is -0.490 e. The minimum absolute atomic E-state index is 0.170. The minimum atomic E-state index is -4.46. The molecule has 0 radical (unpaired) electrons. The predicted molar refractivity (Wildman–Crippen MR) is 62.4 cm³/mol. The Morgan fingerprint density at radius 1 is 1.17 bits per heavy atom. The number of alkyl halides is 3. The molecule has 0 spiro atoms. The average Bonchev–Trinajstić information content (AvgIpc) is 2.23. The Bertz CT molecular complexity index is 394. The van der Waals surface area contributed by atoms with Crippen molar-refractivity contribution in [3.63, 3.8) is 0 Å². The van der Waals surface area contributed by atoms with Crippen molar-refractivity contribution in [2.45, 2.75) is 33.1 Å². The van der Waals surface area contributed by atoms with Crippen molar-refractivity contribution in [1.82, 2.24) is 0 Å². The van der Waals surface area contributed by atoms with Gasteiger partial charge in [0.2, 0.25) is 0 Å². The van der Waals surface area contributed by atoms with E-state index in [1.54, 1.807) is 20.8 Å². The quantitative estimate of drug-likeness (QED) is 0.903. The maximum Gasteiger partial charge on any atom is 0.419 e. The van der Waals surface area contributed by atoms with Crippen LogP contribution in [-0.2, 0) is 6.18 Å². The van der Waals surface area contributed by atoms with Gasteiger partial charge in [-0.15, -0.1) is 0 Å². The van der Waals surface area contributed by atoms with E-state index in [1.165, 1.54) is 18.2 Å². The average molecular weight is 262 g/mol. The molecule has 1 unspecified atom stereocenters. The van der Waals surface area contributed by atoms with Crippen molar-refractivity contribution in [3.8, 4) is 5.75 Å². The molecule has 1 aromatic carbocycles. The van der Waals surface area contributed by atoms with Gasteiger partial charge in [-0.2, -0.15) is 13.2 Å². The molecule has 0 aromatic heterocycles. The van der Waals surface area contributed by atoms with E-state index in [4.69, 9.17) is 4.74 Å². The molecule has 102 valence electrons. The zero-order valence-corrected chi connectivity index (χ0v) is 10.6. The van der Waals surface area contributed by atoms with Crippen molar-refractivity contribution in [2.24, 2.45) is 5.41 Å². The third-order valence-electron chi connectivity index (χ3n) is 2.59. The first kappa shape index (κ1) is 14.8. The van der Waals surface area contributed by atoms with Crippen LogP contribution in [0, 0.1) is 5.41 Å². The van der Waals surface area contributed by atoms with Gasteiger partial charge in [0.05, 0.1) is 11.7 Å². The van der Waals surface area contributed by atoms with Crippen LogP contribution in [0.3, 0.4) is 0 Å². The molecule has 0 heterocycles. The van der Waals surface area contributed by atoms with Crippen LogP contribution in [0.15, 0.2) is 24.3 Å². The lowest BCUT2D eigenvalue weighted by atomic mass is 9.90. The van der Waals surface area contributed by atoms with E-state index in [1.807, 2.05) is 0 Å². The standard InChI is InChI=1S/C13H17F3O2/c1-12(2,3)11(17)8-18-10-7-5-4-6-9(10)13(14,15)16/h4-7,11,17H,8H2,1-3H3. The van der Waals surface area contributed by atoms with Gasteiger partial charge in [0.15, 0.2) is 0 Å². The number of hydrogen-bond acceptors (Lipinski definition) is 2. The highest BCUT2D eigenvalue weighted by atomic mass is 19.4. The van der Waals surface area contributed by atoms with Crippen LogP contribution in [0.2, 0.25) is 0 Å². The van der Waals surface area contributed by atoms with Crippen LogP contribution < -0.4 is 4.74 Å². The molecule has 2 nitrogen and oxygen atoms in total. The van der Waals surface area contributed by atoms with Gasteiger partial charge in [-0.05, 0) is 17.5 Å². The second-order valence-corrected chi connectivity index (χ2v) is 5.19. The SMILES string of the molecule is CC(C)(C)C(O)COc1ccccc1C(F)(F)F. The molecule has 0 saturated carbocycles. The summed E-state index contributed by atoms with van der Waals surface area (Å²) in [4.78, 5) is 0. The predicted octanol–water partition coefficient (Wildman–Crippen LogP) is 3.49. The zero-order valence-electron chi connectivity index (χ0n) is 10.6. The van der Waals surface area contributed by atoms with E-state index in [9.17, 15) is 18.3 Å². The van der Waals surface area contributed by atoms with Crippen LogP contribution in [0.1, 0.15) is 26.3 Å². The van der Waals surface area contributed by atoms with Crippen molar-refractivity contribution >= 4 is 0 Å². The van der Waals surface area contributed by atoms with E-state index < -0.39 is 23.3 Å². The topological polar surface area (TPSA) is 29.5 Å². The lowest BCUT2D eigenvalue weighted by Gasteiger charge is -2.26. The molecule has 0 aliphatic heterocycles. The molecule has 0 aliphatic rings. The summed E-state index contributed by atoms with van der Waals surface area (Å²) in [5.74, 6) is -0.256. The fourth-order valence-corrected chi connectivity index (χ4v) is 1.25. The molecular formula is C13H17F3O2. The zero-order chi connectivity index (χ0) is 14.0. The number of aliphatic hydroxyl groups is 1. The number of ether oxygens (including phenoxy) is 1. The molecular weight excluding hydrogens is 245 g/mol. The summed E-state index contributed by atoms with van der Waals surface area (Å²) >= 11 is 0. The molecule has 0 saturated heterocycles. The Kier molecular flexibility index (Phi) is 4.27. The van der Waals surface area contributed by atoms with Gasteiger partial charge in [-0.1, -0.05) is 32.9 Å². The Morgan fingerprint density at radius 3 is 2.22 bits per heavy atom. The molecule has 1 atom stereocenters. The van der Waals surface area contributed by atoms with E-state index in [2.05, 4.69) is 0 Å². The molecule has 18 heavy (non-hydrogen) atoms. The molecule has 0 fully saturated rings. The van der Waals surface area contributed by atoms with E-state index >= 15 is 0 Å². The van der Waals surface area contributed by atoms with Gasteiger partial charge in [-0.25, -0.2) is 0 Å². The highest BCUT2D eigenvalue weighted by Gasteiger charge is 2.34. The van der Waals surface area contributed by atoms with Crippen molar-refractivity contribution < 1.29 is 23.0 Å². The Labute approximate surface area is 104 Å². The van der Waals surface area contributed by atoms with Crippen LogP contribution in [0.5, 0.6) is 5.75 Å². The molecule has 0 aliphatic carbocycles. The fraction of sp³-hybridized carbons (Fsp3) is 0.538. The van der Waals surface area contributed by atoms with E-state index in [0.29, 0.717) is 0 Å². The molecule has 1 aromatic rings. The first-order chi connectivity index (χ1) is 8.12. The van der Waals surface area contributed by atoms with Crippen molar-refractivity contribution in [3.05, 3.63) is 29.8 Å². The lowest BCUT2D eigenvalue weighted by molar-refractivity contribution is -0.139. The second-order valence-electron chi connectivity index (χ2n) is 5.19. The molecule has 0 amide bonds. The molecule has 0 bridgehead atoms. The number of rotatable bonds is 3. The van der Waals surface area contributed by atoms with Gasteiger partial charge < -0.3 is 9.84 Å². The Balaban J connectivity index is 2.80. The molecule has 1 N–H and O–H groups in total. The van der Waals surface area contributed by atoms with E-state index in [-0.39, 0.29) is 12.4 Å². The van der Waals surface area contributed by atoms with Crippen LogP contribution in [0.25, 0.3) is 0 Å². The maximum absolute atomic E-state index is 12.7. The summed E-state index contributed by atoms with van der Waals surface area (Å²) in [7, 11) is 0. The summed E-state index contributed by atoms with van der Waals surface area (Å²) in [5.41, 5.74) is -1.27. The van der Waals surface area contributed by atoms with Gasteiger partial charge in [0, 0.05) is 0 Å². The van der Waals surface area contributed by atoms with Crippen LogP contribution in [0.4, 0.5) is 13.2 Å².